The molecule has 1 unspecified atom stereocenters. The standard InChI is InChI=1S/C23H27F3N4O4/c1-14-10-17(12-18(27-14)11-15(2)31)16(3)28-22(32)19-4-5-20(34-13-23(24,25)26)29-21(19)30-6-8-33-9-7-30/h4-5,10,12,16H,6-9,11,13H2,1-3H3,(H,28,32). The first-order valence-electron chi connectivity index (χ1n) is 10.8. The third-order valence-corrected chi connectivity index (χ3v) is 5.09. The summed E-state index contributed by atoms with van der Waals surface area (Å²) in [7, 11) is 0. The number of carbonyl (C=O) groups is 2. The number of aromatic nitrogens is 2. The Morgan fingerprint density at radius 3 is 2.56 bits per heavy atom. The summed E-state index contributed by atoms with van der Waals surface area (Å²) in [5.74, 6) is -0.445. The monoisotopic (exact) mass is 480 g/mol. The molecular weight excluding hydrogens is 453 g/mol. The van der Waals surface area contributed by atoms with Gasteiger partial charge in [-0.15, -0.1) is 0 Å². The summed E-state index contributed by atoms with van der Waals surface area (Å²) in [6, 6.07) is 5.83. The molecule has 1 atom stereocenters. The van der Waals surface area contributed by atoms with E-state index in [-0.39, 0.29) is 29.5 Å². The highest BCUT2D eigenvalue weighted by Gasteiger charge is 2.29. The fourth-order valence-electron chi connectivity index (χ4n) is 3.58. The maximum absolute atomic E-state index is 13.2. The second kappa shape index (κ2) is 10.8. The van der Waals surface area contributed by atoms with Crippen LogP contribution in [0.5, 0.6) is 5.88 Å². The van der Waals surface area contributed by atoms with Gasteiger partial charge in [0, 0.05) is 37.0 Å². The van der Waals surface area contributed by atoms with E-state index in [0.717, 1.165) is 11.3 Å². The number of hydrogen-bond donors (Lipinski definition) is 1. The quantitative estimate of drug-likeness (QED) is 0.620. The van der Waals surface area contributed by atoms with E-state index in [2.05, 4.69) is 15.3 Å². The number of nitrogens with one attached hydrogen (secondary N) is 1. The molecule has 1 amide bonds. The Kier molecular flexibility index (Phi) is 8.08. The molecule has 0 spiro atoms. The summed E-state index contributed by atoms with van der Waals surface area (Å²) in [4.78, 5) is 35.0. The lowest BCUT2D eigenvalue weighted by atomic mass is 10.0. The molecule has 184 valence electrons. The van der Waals surface area contributed by atoms with Gasteiger partial charge >= 0.3 is 6.18 Å². The molecule has 1 aliphatic rings. The highest BCUT2D eigenvalue weighted by Crippen LogP contribution is 2.26. The first-order valence-corrected chi connectivity index (χ1v) is 10.8. The summed E-state index contributed by atoms with van der Waals surface area (Å²) >= 11 is 0. The van der Waals surface area contributed by atoms with Gasteiger partial charge < -0.3 is 19.7 Å². The normalized spacial score (nSPS) is 15.1. The van der Waals surface area contributed by atoms with Crippen molar-refractivity contribution >= 4 is 17.5 Å². The molecule has 0 saturated carbocycles. The van der Waals surface area contributed by atoms with E-state index in [1.807, 2.05) is 13.0 Å². The Bertz CT molecular complexity index is 1040. The molecule has 3 rings (SSSR count). The molecule has 1 saturated heterocycles. The maximum atomic E-state index is 13.2. The van der Waals surface area contributed by atoms with E-state index in [0.29, 0.717) is 32.0 Å². The Morgan fingerprint density at radius 2 is 1.91 bits per heavy atom. The number of hydrogen-bond acceptors (Lipinski definition) is 7. The molecule has 0 bridgehead atoms. The number of anilines is 1. The Labute approximate surface area is 195 Å². The predicted molar refractivity (Wildman–Crippen MR) is 118 cm³/mol. The third-order valence-electron chi connectivity index (χ3n) is 5.09. The van der Waals surface area contributed by atoms with Crippen LogP contribution in [0.4, 0.5) is 19.0 Å². The summed E-state index contributed by atoms with van der Waals surface area (Å²) < 4.78 is 47.8. The molecule has 11 heteroatoms. The van der Waals surface area contributed by atoms with Gasteiger partial charge in [-0.3, -0.25) is 14.6 Å². The van der Waals surface area contributed by atoms with Crippen LogP contribution in [0.2, 0.25) is 0 Å². The Hall–Kier alpha value is -3.21. The second-order valence-corrected chi connectivity index (χ2v) is 8.13. The van der Waals surface area contributed by atoms with Crippen LogP contribution in [0.15, 0.2) is 24.3 Å². The van der Waals surface area contributed by atoms with Crippen molar-refractivity contribution in [1.29, 1.82) is 0 Å². The first kappa shape index (κ1) is 25.4. The predicted octanol–water partition coefficient (Wildman–Crippen LogP) is 3.19. The van der Waals surface area contributed by atoms with Gasteiger partial charge in [-0.1, -0.05) is 0 Å². The minimum absolute atomic E-state index is 0.0187. The number of amides is 1. The molecule has 3 heterocycles. The fourth-order valence-corrected chi connectivity index (χ4v) is 3.58. The number of ether oxygens (including phenoxy) is 2. The van der Waals surface area contributed by atoms with E-state index in [9.17, 15) is 22.8 Å². The molecule has 2 aromatic heterocycles. The zero-order valence-electron chi connectivity index (χ0n) is 19.2. The maximum Gasteiger partial charge on any atom is 0.422 e. The van der Waals surface area contributed by atoms with Gasteiger partial charge in [0.25, 0.3) is 5.91 Å². The zero-order chi connectivity index (χ0) is 24.9. The lowest BCUT2D eigenvalue weighted by Gasteiger charge is -2.29. The van der Waals surface area contributed by atoms with E-state index in [1.165, 1.54) is 19.1 Å². The number of nitrogens with zero attached hydrogens (tertiary/aromatic N) is 3. The fraction of sp³-hybridized carbons (Fsp3) is 0.478. The van der Waals surface area contributed by atoms with Crippen molar-refractivity contribution in [2.75, 3.05) is 37.8 Å². The molecule has 2 aromatic rings. The van der Waals surface area contributed by atoms with Crippen molar-refractivity contribution in [2.45, 2.75) is 39.4 Å². The van der Waals surface area contributed by atoms with E-state index >= 15 is 0 Å². The van der Waals surface area contributed by atoms with Crippen LogP contribution in [0.3, 0.4) is 0 Å². The molecule has 1 N–H and O–H groups in total. The van der Waals surface area contributed by atoms with Gasteiger partial charge in [0.15, 0.2) is 6.61 Å². The molecular formula is C23H27F3N4O4. The lowest BCUT2D eigenvalue weighted by Crippen LogP contribution is -2.39. The van der Waals surface area contributed by atoms with Crippen molar-refractivity contribution < 1.29 is 32.2 Å². The average molecular weight is 480 g/mol. The number of morpholine rings is 1. The highest BCUT2D eigenvalue weighted by molar-refractivity contribution is 5.99. The molecule has 8 nitrogen and oxygen atoms in total. The number of halogens is 3. The third kappa shape index (κ3) is 7.14. The average Bonchev–Trinajstić information content (AvgIpc) is 2.76. The number of pyridine rings is 2. The van der Waals surface area contributed by atoms with Crippen LogP contribution in [0, 0.1) is 6.92 Å². The number of ketones is 1. The summed E-state index contributed by atoms with van der Waals surface area (Å²) in [6.07, 6.45) is -4.31. The summed E-state index contributed by atoms with van der Waals surface area (Å²) in [6.45, 7) is 5.29. The number of Topliss-reactive ketones (excluding diaryl/α,β-unsaturated/α-hetero) is 1. The minimum atomic E-state index is -4.50. The van der Waals surface area contributed by atoms with E-state index in [4.69, 9.17) is 9.47 Å². The number of alkyl halides is 3. The summed E-state index contributed by atoms with van der Waals surface area (Å²) in [5, 5.41) is 2.91. The summed E-state index contributed by atoms with van der Waals surface area (Å²) in [5.41, 5.74) is 2.33. The van der Waals surface area contributed by atoms with Gasteiger partial charge in [-0.05, 0) is 44.5 Å². The molecule has 0 aliphatic carbocycles. The van der Waals surface area contributed by atoms with Gasteiger partial charge in [0.05, 0.1) is 24.8 Å². The van der Waals surface area contributed by atoms with E-state index in [1.54, 1.807) is 17.9 Å². The van der Waals surface area contributed by atoms with Crippen molar-refractivity contribution in [3.63, 3.8) is 0 Å². The molecule has 0 aromatic carbocycles. The number of carbonyl (C=O) groups excluding carboxylic acids is 2. The molecule has 34 heavy (non-hydrogen) atoms. The molecule has 0 radical (unpaired) electrons. The van der Waals surface area contributed by atoms with Crippen LogP contribution >= 0.6 is 0 Å². The SMILES string of the molecule is CC(=O)Cc1cc(C(C)NC(=O)c2ccc(OCC(F)(F)F)nc2N2CCOCC2)cc(C)n1. The van der Waals surface area contributed by atoms with Crippen LogP contribution in [-0.4, -0.2) is 60.7 Å². The van der Waals surface area contributed by atoms with Crippen molar-refractivity contribution in [3.8, 4) is 5.88 Å². The topological polar surface area (TPSA) is 93.7 Å². The highest BCUT2D eigenvalue weighted by atomic mass is 19.4. The van der Waals surface area contributed by atoms with Gasteiger partial charge in [-0.25, -0.2) is 0 Å². The van der Waals surface area contributed by atoms with Crippen LogP contribution in [0.1, 0.15) is 47.2 Å². The largest absolute Gasteiger partial charge is 0.468 e. The number of rotatable bonds is 8. The van der Waals surface area contributed by atoms with Gasteiger partial charge in [0.1, 0.15) is 11.6 Å². The zero-order valence-corrected chi connectivity index (χ0v) is 19.2. The number of aryl methyl sites for hydroxylation is 1. The van der Waals surface area contributed by atoms with Crippen LogP contribution < -0.4 is 15.0 Å². The van der Waals surface area contributed by atoms with Gasteiger partial charge in [0.2, 0.25) is 5.88 Å². The van der Waals surface area contributed by atoms with E-state index < -0.39 is 24.7 Å². The van der Waals surface area contributed by atoms with Crippen LogP contribution in [0.25, 0.3) is 0 Å². The lowest BCUT2D eigenvalue weighted by molar-refractivity contribution is -0.154. The van der Waals surface area contributed by atoms with Crippen LogP contribution in [-0.2, 0) is 16.0 Å². The Balaban J connectivity index is 1.83. The van der Waals surface area contributed by atoms with Crippen molar-refractivity contribution in [2.24, 2.45) is 0 Å². The molecule has 1 aliphatic heterocycles. The Morgan fingerprint density at radius 1 is 1.21 bits per heavy atom. The minimum Gasteiger partial charge on any atom is -0.468 e. The molecule has 1 fully saturated rings. The first-order chi connectivity index (χ1) is 16.0. The van der Waals surface area contributed by atoms with Crippen molar-refractivity contribution in [3.05, 3.63) is 46.8 Å². The van der Waals surface area contributed by atoms with Crippen molar-refractivity contribution in [1.82, 2.24) is 15.3 Å². The van der Waals surface area contributed by atoms with Gasteiger partial charge in [-0.2, -0.15) is 18.2 Å². The smallest absolute Gasteiger partial charge is 0.422 e. The second-order valence-electron chi connectivity index (χ2n) is 8.13.